The molecule has 1 aliphatic heterocycles. The van der Waals surface area contributed by atoms with Gasteiger partial charge in [-0.05, 0) is 90.2 Å². The van der Waals surface area contributed by atoms with Crippen LogP contribution in [-0.4, -0.2) is 13.7 Å². The lowest BCUT2D eigenvalue weighted by Crippen LogP contribution is -2.30. The molecule has 0 radical (unpaired) electrons. The minimum absolute atomic E-state index is 0.817. The Bertz CT molecular complexity index is 3520. The fourth-order valence-corrected chi connectivity index (χ4v) is 14.0. The third kappa shape index (κ3) is 4.65. The van der Waals surface area contributed by atoms with Crippen molar-refractivity contribution in [3.8, 4) is 28.6 Å². The molecule has 0 N–H and O–H groups in total. The maximum atomic E-state index is 6.80. The molecule has 0 amide bonds. The standard InChI is InChI=1S/C54H34N3OPS/c60-59(38-14-2-1-3-15-38)53-25-13-12-24-51(53)58-52-34-37(28-31-54(52)59)57-49-29-26-35(55-45-20-8-4-16-39(45)40-17-5-9-21-46(40)55)32-43(49)44-33-36(27-30-50(44)57)56-47-22-10-6-18-41(47)42-19-7-11-23-48(42)56/h1-34H. The maximum absolute atomic E-state index is 6.80. The highest BCUT2D eigenvalue weighted by Crippen LogP contribution is 2.52. The second-order valence-electron chi connectivity index (χ2n) is 15.6. The summed E-state index contributed by atoms with van der Waals surface area (Å²) >= 11 is 6.79. The zero-order valence-electron chi connectivity index (χ0n) is 32.2. The predicted octanol–water partition coefficient (Wildman–Crippen LogP) is 12.8. The van der Waals surface area contributed by atoms with Gasteiger partial charge < -0.3 is 18.4 Å². The van der Waals surface area contributed by atoms with Crippen molar-refractivity contribution < 1.29 is 4.74 Å². The Labute approximate surface area is 350 Å². The summed E-state index contributed by atoms with van der Waals surface area (Å²) in [6, 6.07) is 71.9. The SMILES string of the molecule is S=P1(c2ccccc2)c2ccccc2Oc2cc(-n3c4ccc(-n5c6ccccc6c6ccccc65)cc4c4cc(-n5c6ccccc6c6ccccc65)ccc43)ccc21. The van der Waals surface area contributed by atoms with Gasteiger partial charge in [0.25, 0.3) is 0 Å². The number of ether oxygens (including phenoxy) is 1. The third-order valence-corrected chi connectivity index (χ3v) is 17.4. The molecule has 1 atom stereocenters. The van der Waals surface area contributed by atoms with E-state index in [4.69, 9.17) is 16.5 Å². The molecule has 4 nitrogen and oxygen atoms in total. The average molecular weight is 804 g/mol. The number of nitrogens with zero attached hydrogens (tertiary/aromatic N) is 3. The van der Waals surface area contributed by atoms with Gasteiger partial charge in [0, 0.05) is 72.1 Å². The van der Waals surface area contributed by atoms with Crippen molar-refractivity contribution in [2.75, 3.05) is 0 Å². The summed E-state index contributed by atoms with van der Waals surface area (Å²) in [4.78, 5) is 0. The molecule has 60 heavy (non-hydrogen) atoms. The van der Waals surface area contributed by atoms with Crippen LogP contribution in [-0.2, 0) is 11.8 Å². The number of fused-ring (bicyclic) bond motifs is 11. The first-order valence-corrected chi connectivity index (χ1v) is 23.1. The quantitative estimate of drug-likeness (QED) is 0.166. The minimum atomic E-state index is -2.40. The number of hydrogen-bond acceptors (Lipinski definition) is 2. The second kappa shape index (κ2) is 12.7. The fourth-order valence-electron chi connectivity index (χ4n) is 9.91. The molecular weight excluding hydrogens is 770 g/mol. The van der Waals surface area contributed by atoms with Crippen LogP contribution in [0.1, 0.15) is 0 Å². The van der Waals surface area contributed by atoms with Crippen LogP contribution in [0.5, 0.6) is 11.5 Å². The summed E-state index contributed by atoms with van der Waals surface area (Å²) in [7, 11) is 0. The Morgan fingerprint density at radius 1 is 0.317 bits per heavy atom. The van der Waals surface area contributed by atoms with E-state index in [2.05, 4.69) is 214 Å². The fraction of sp³-hybridized carbons (Fsp3) is 0. The van der Waals surface area contributed by atoms with E-state index in [1.165, 1.54) is 54.4 Å². The molecule has 13 rings (SSSR count). The molecule has 4 heterocycles. The molecule has 0 saturated carbocycles. The van der Waals surface area contributed by atoms with E-state index in [0.717, 1.165) is 55.5 Å². The molecule has 0 saturated heterocycles. The predicted molar refractivity (Wildman–Crippen MR) is 256 cm³/mol. The normalized spacial score (nSPS) is 14.9. The summed E-state index contributed by atoms with van der Waals surface area (Å²) in [6.45, 7) is 0. The van der Waals surface area contributed by atoms with Crippen LogP contribution in [0.3, 0.4) is 0 Å². The summed E-state index contributed by atoms with van der Waals surface area (Å²) in [5.41, 5.74) is 10.3. The van der Waals surface area contributed by atoms with Gasteiger partial charge in [-0.3, -0.25) is 0 Å². The maximum Gasteiger partial charge on any atom is 0.138 e. The smallest absolute Gasteiger partial charge is 0.138 e. The Balaban J connectivity index is 1.08. The van der Waals surface area contributed by atoms with Gasteiger partial charge in [-0.1, -0.05) is 127 Å². The highest BCUT2D eigenvalue weighted by atomic mass is 32.4. The van der Waals surface area contributed by atoms with Crippen LogP contribution in [0.2, 0.25) is 0 Å². The average Bonchev–Trinajstić information content (AvgIpc) is 3.94. The number of benzene rings is 9. The minimum Gasteiger partial charge on any atom is -0.456 e. The molecule has 0 bridgehead atoms. The Kier molecular flexibility index (Phi) is 7.13. The Morgan fingerprint density at radius 2 is 0.700 bits per heavy atom. The van der Waals surface area contributed by atoms with Gasteiger partial charge >= 0.3 is 0 Å². The zero-order valence-corrected chi connectivity index (χ0v) is 33.9. The van der Waals surface area contributed by atoms with Gasteiger partial charge in [-0.25, -0.2) is 0 Å². The van der Waals surface area contributed by atoms with Gasteiger partial charge in [0.1, 0.15) is 11.5 Å². The first-order chi connectivity index (χ1) is 29.6. The topological polar surface area (TPSA) is 24.0 Å². The second-order valence-corrected chi connectivity index (χ2v) is 20.0. The van der Waals surface area contributed by atoms with E-state index >= 15 is 0 Å². The van der Waals surface area contributed by atoms with Crippen LogP contribution in [0.25, 0.3) is 82.5 Å². The van der Waals surface area contributed by atoms with Crippen molar-refractivity contribution in [1.82, 2.24) is 13.7 Å². The molecule has 1 aliphatic rings. The van der Waals surface area contributed by atoms with E-state index in [-0.39, 0.29) is 0 Å². The van der Waals surface area contributed by atoms with Gasteiger partial charge in [0.15, 0.2) is 0 Å². The van der Waals surface area contributed by atoms with E-state index in [9.17, 15) is 0 Å². The number of para-hydroxylation sites is 5. The molecule has 0 fully saturated rings. The highest BCUT2D eigenvalue weighted by Gasteiger charge is 2.35. The van der Waals surface area contributed by atoms with Crippen LogP contribution in [0, 0.1) is 0 Å². The summed E-state index contributed by atoms with van der Waals surface area (Å²) < 4.78 is 14.0. The van der Waals surface area contributed by atoms with Crippen LogP contribution in [0.15, 0.2) is 206 Å². The first kappa shape index (κ1) is 33.8. The molecule has 282 valence electrons. The largest absolute Gasteiger partial charge is 0.456 e. The molecule has 12 aromatic rings. The van der Waals surface area contributed by atoms with E-state index in [1.807, 2.05) is 6.07 Å². The van der Waals surface area contributed by atoms with Crippen molar-refractivity contribution in [3.63, 3.8) is 0 Å². The van der Waals surface area contributed by atoms with E-state index in [0.29, 0.717) is 0 Å². The van der Waals surface area contributed by atoms with Crippen molar-refractivity contribution in [2.24, 2.45) is 0 Å². The summed E-state index contributed by atoms with van der Waals surface area (Å²) in [5, 5.41) is 10.7. The lowest BCUT2D eigenvalue weighted by Gasteiger charge is -2.32. The van der Waals surface area contributed by atoms with Gasteiger partial charge in [-0.15, -0.1) is 0 Å². The van der Waals surface area contributed by atoms with Crippen LogP contribution >= 0.6 is 6.04 Å². The van der Waals surface area contributed by atoms with Crippen molar-refractivity contribution in [3.05, 3.63) is 206 Å². The molecule has 0 aliphatic carbocycles. The summed E-state index contributed by atoms with van der Waals surface area (Å²) in [6.07, 6.45) is 0. The highest BCUT2D eigenvalue weighted by molar-refractivity contribution is 8.25. The molecule has 0 spiro atoms. The van der Waals surface area contributed by atoms with Gasteiger partial charge in [-0.2, -0.15) is 0 Å². The molecule has 9 aromatic carbocycles. The Morgan fingerprint density at radius 3 is 1.22 bits per heavy atom. The zero-order chi connectivity index (χ0) is 39.5. The number of aromatic nitrogens is 3. The van der Waals surface area contributed by atoms with Gasteiger partial charge in [0.2, 0.25) is 0 Å². The van der Waals surface area contributed by atoms with E-state index < -0.39 is 6.04 Å². The van der Waals surface area contributed by atoms with Gasteiger partial charge in [0.05, 0.1) is 33.1 Å². The Hall–Kier alpha value is -7.17. The van der Waals surface area contributed by atoms with Crippen LogP contribution in [0.4, 0.5) is 0 Å². The van der Waals surface area contributed by atoms with Crippen molar-refractivity contribution in [2.45, 2.75) is 0 Å². The summed E-state index contributed by atoms with van der Waals surface area (Å²) in [5.74, 6) is 1.65. The van der Waals surface area contributed by atoms with Crippen molar-refractivity contribution >= 4 is 99.2 Å². The molecular formula is C54H34N3OPS. The van der Waals surface area contributed by atoms with Crippen molar-refractivity contribution in [1.29, 1.82) is 0 Å². The lowest BCUT2D eigenvalue weighted by molar-refractivity contribution is 0.488. The van der Waals surface area contributed by atoms with E-state index in [1.54, 1.807) is 0 Å². The molecule has 6 heteroatoms. The molecule has 3 aromatic heterocycles. The van der Waals surface area contributed by atoms with Crippen LogP contribution < -0.4 is 20.7 Å². The third-order valence-electron chi connectivity index (χ3n) is 12.5. The first-order valence-electron chi connectivity index (χ1n) is 20.3. The number of rotatable bonds is 4. The molecule has 1 unspecified atom stereocenters. The number of hydrogen-bond donors (Lipinski definition) is 0. The monoisotopic (exact) mass is 803 g/mol. The lowest BCUT2D eigenvalue weighted by atomic mass is 10.1.